The molecule has 0 bridgehead atoms. The van der Waals surface area contributed by atoms with Crippen LogP contribution < -0.4 is 15.1 Å². The van der Waals surface area contributed by atoms with E-state index in [9.17, 15) is 14.7 Å². The molecule has 54 heavy (non-hydrogen) atoms. The first-order valence-electron chi connectivity index (χ1n) is 17.7. The molecular formula is C43H33Cl2N3O6. The molecule has 0 aromatic heterocycles. The molecule has 3 fully saturated rings. The summed E-state index contributed by atoms with van der Waals surface area (Å²) in [4.78, 5) is 60.6. The van der Waals surface area contributed by atoms with E-state index < -0.39 is 46.8 Å². The number of allylic oxidation sites excluding steroid dienone is 2. The van der Waals surface area contributed by atoms with E-state index in [2.05, 4.69) is 5.43 Å². The molecule has 0 unspecified atom stereocenters. The fourth-order valence-electron chi connectivity index (χ4n) is 9.58. The second-order valence-corrected chi connectivity index (χ2v) is 15.1. The Hall–Kier alpha value is -5.64. The fraction of sp³-hybridized carbons (Fsp3) is 0.209. The van der Waals surface area contributed by atoms with Gasteiger partial charge in [-0.25, -0.2) is 0 Å². The van der Waals surface area contributed by atoms with Gasteiger partial charge >= 0.3 is 0 Å². The number of ether oxygens (including phenoxy) is 1. The maximum Gasteiger partial charge on any atom is 0.260 e. The highest BCUT2D eigenvalue weighted by molar-refractivity contribution is 6.36. The number of anilines is 2. The number of fused-ring (bicyclic) bond motifs is 5. The van der Waals surface area contributed by atoms with Gasteiger partial charge in [-0.2, -0.15) is 5.01 Å². The molecule has 2 saturated heterocycles. The molecule has 1 saturated carbocycles. The number of para-hydroxylation sites is 1. The highest BCUT2D eigenvalue weighted by atomic mass is 35.5. The number of aromatic hydroxyl groups is 1. The predicted octanol–water partition coefficient (Wildman–Crippen LogP) is 8.05. The van der Waals surface area contributed by atoms with Gasteiger partial charge in [-0.05, 0) is 83.8 Å². The van der Waals surface area contributed by atoms with Crippen molar-refractivity contribution in [2.45, 2.75) is 24.2 Å². The number of hydrogen-bond acceptors (Lipinski definition) is 7. The van der Waals surface area contributed by atoms with Crippen molar-refractivity contribution in [2.75, 3.05) is 17.4 Å². The summed E-state index contributed by atoms with van der Waals surface area (Å²) in [6.07, 6.45) is 2.43. The molecule has 0 radical (unpaired) electrons. The summed E-state index contributed by atoms with van der Waals surface area (Å²) in [6.45, 7) is 0. The molecule has 0 spiro atoms. The Morgan fingerprint density at radius 2 is 1.52 bits per heavy atom. The van der Waals surface area contributed by atoms with Crippen LogP contribution in [0.1, 0.15) is 29.9 Å². The first-order valence-corrected chi connectivity index (χ1v) is 18.5. The Morgan fingerprint density at radius 1 is 0.796 bits per heavy atom. The van der Waals surface area contributed by atoms with Crippen molar-refractivity contribution in [3.63, 3.8) is 0 Å². The van der Waals surface area contributed by atoms with Crippen molar-refractivity contribution < 1.29 is 29.0 Å². The molecule has 4 aliphatic rings. The first kappa shape index (κ1) is 34.1. The van der Waals surface area contributed by atoms with Crippen LogP contribution in [-0.2, 0) is 24.6 Å². The highest BCUT2D eigenvalue weighted by Gasteiger charge is 2.70. The lowest BCUT2D eigenvalue weighted by atomic mass is 9.49. The van der Waals surface area contributed by atoms with Crippen LogP contribution in [0.5, 0.6) is 11.5 Å². The minimum atomic E-state index is -1.53. The molecule has 4 amide bonds. The third-order valence-electron chi connectivity index (χ3n) is 11.8. The quantitative estimate of drug-likeness (QED) is 0.133. The number of rotatable bonds is 6. The highest BCUT2D eigenvalue weighted by Crippen LogP contribution is 2.65. The SMILES string of the molecule is COc1ccc([C@@]23C(=O)N(Nc4ccc(Cl)cc4Cl)C(=O)[C@@H]2C[C@@H]2C(=CC[C@@H]4C(=O)N(c5ccccc5)C(=O)[C@@H]42)[C@@H]3c2ccc(O)c3ccccc23)cc1. The average Bonchev–Trinajstić information content (AvgIpc) is 3.57. The molecule has 2 heterocycles. The molecule has 6 atom stereocenters. The normalized spacial score (nSPS) is 26.1. The Morgan fingerprint density at radius 3 is 2.24 bits per heavy atom. The van der Waals surface area contributed by atoms with E-state index >= 15 is 9.59 Å². The monoisotopic (exact) mass is 757 g/mol. The van der Waals surface area contributed by atoms with Crippen LogP contribution in [0.2, 0.25) is 10.0 Å². The van der Waals surface area contributed by atoms with Crippen molar-refractivity contribution in [1.29, 1.82) is 0 Å². The van der Waals surface area contributed by atoms with E-state index in [4.69, 9.17) is 27.9 Å². The number of carbonyl (C=O) groups is 4. The van der Waals surface area contributed by atoms with Gasteiger partial charge in [0, 0.05) is 16.3 Å². The van der Waals surface area contributed by atoms with E-state index in [1.54, 1.807) is 61.7 Å². The maximum absolute atomic E-state index is 15.6. The molecule has 2 aliphatic carbocycles. The van der Waals surface area contributed by atoms with Crippen LogP contribution in [0.15, 0.2) is 121 Å². The van der Waals surface area contributed by atoms with Crippen molar-refractivity contribution in [2.24, 2.45) is 23.7 Å². The summed E-state index contributed by atoms with van der Waals surface area (Å²) in [5.41, 5.74) is 4.41. The van der Waals surface area contributed by atoms with E-state index in [0.29, 0.717) is 44.0 Å². The van der Waals surface area contributed by atoms with Gasteiger partial charge in [-0.3, -0.25) is 29.5 Å². The minimum absolute atomic E-state index is 0.0685. The molecule has 2 N–H and O–H groups in total. The number of imide groups is 2. The van der Waals surface area contributed by atoms with Crippen molar-refractivity contribution in [3.8, 4) is 11.5 Å². The largest absolute Gasteiger partial charge is 0.507 e. The maximum atomic E-state index is 15.6. The number of halogens is 2. The lowest BCUT2D eigenvalue weighted by Crippen LogP contribution is -2.53. The first-order chi connectivity index (χ1) is 26.1. The van der Waals surface area contributed by atoms with Crippen molar-refractivity contribution >= 4 is 69.0 Å². The van der Waals surface area contributed by atoms with Crippen LogP contribution in [0.4, 0.5) is 11.4 Å². The standard InChI is InChI=1S/C43H33Cl2N3O6/c1-54-26-14-11-23(12-15-26)43-33(40(51)48(42(43)53)46-35-19-13-24(44)21-34(35)45)22-32-30(38(43)29-18-20-36(49)28-10-6-5-9-27(28)29)16-17-31-37(32)41(52)47(39(31)50)25-7-3-2-4-8-25/h2-16,18-21,31-33,37-38,46,49H,17,22H2,1H3/t31-,32+,33-,37-,38-,43+/m0/s1. The van der Waals surface area contributed by atoms with Crippen LogP contribution in [0.25, 0.3) is 10.8 Å². The summed E-state index contributed by atoms with van der Waals surface area (Å²) in [7, 11) is 1.56. The molecule has 5 aromatic carbocycles. The lowest BCUT2D eigenvalue weighted by molar-refractivity contribution is -0.138. The number of methoxy groups -OCH3 is 1. The number of benzene rings is 5. The number of carbonyl (C=O) groups excluding carboxylic acids is 4. The average molecular weight is 759 g/mol. The van der Waals surface area contributed by atoms with E-state index in [1.165, 1.54) is 11.0 Å². The van der Waals surface area contributed by atoms with Crippen LogP contribution >= 0.6 is 23.2 Å². The van der Waals surface area contributed by atoms with E-state index in [1.807, 2.05) is 54.6 Å². The number of nitrogens with zero attached hydrogens (tertiary/aromatic N) is 2. The van der Waals surface area contributed by atoms with Gasteiger partial charge in [0.15, 0.2) is 0 Å². The molecule has 9 nitrogen and oxygen atoms in total. The number of phenolic OH excluding ortho intramolecular Hbond substituents is 1. The smallest absolute Gasteiger partial charge is 0.260 e. The van der Waals surface area contributed by atoms with Crippen molar-refractivity contribution in [1.82, 2.24) is 5.01 Å². The van der Waals surface area contributed by atoms with Gasteiger partial charge in [0.1, 0.15) is 11.5 Å². The summed E-state index contributed by atoms with van der Waals surface area (Å²) in [5.74, 6) is -4.68. The lowest BCUT2D eigenvalue weighted by Gasteiger charge is -2.51. The zero-order valence-electron chi connectivity index (χ0n) is 28.9. The van der Waals surface area contributed by atoms with Gasteiger partial charge < -0.3 is 9.84 Å². The Balaban J connectivity index is 1.29. The number of nitrogens with one attached hydrogen (secondary N) is 1. The number of amides is 4. The second-order valence-electron chi connectivity index (χ2n) is 14.3. The topological polar surface area (TPSA) is 116 Å². The van der Waals surface area contributed by atoms with Crippen LogP contribution in [0, 0.1) is 23.7 Å². The molecular weight excluding hydrogens is 725 g/mol. The van der Waals surface area contributed by atoms with Gasteiger partial charge in [0.2, 0.25) is 11.8 Å². The molecule has 5 aromatic rings. The summed E-state index contributed by atoms with van der Waals surface area (Å²) < 4.78 is 5.51. The Labute approximate surface area is 320 Å². The third-order valence-corrected chi connectivity index (χ3v) is 12.4. The number of hydrazine groups is 1. The summed E-state index contributed by atoms with van der Waals surface area (Å²) in [5, 5.41) is 14.0. The van der Waals surface area contributed by atoms with Gasteiger partial charge in [-0.1, -0.05) is 95.5 Å². The molecule has 270 valence electrons. The Bertz CT molecular complexity index is 2440. The zero-order chi connectivity index (χ0) is 37.5. The summed E-state index contributed by atoms with van der Waals surface area (Å²) in [6, 6.07) is 31.6. The Kier molecular flexibility index (Phi) is 8.06. The molecule has 11 heteroatoms. The second kappa shape index (κ2) is 12.7. The summed E-state index contributed by atoms with van der Waals surface area (Å²) >= 11 is 12.8. The van der Waals surface area contributed by atoms with Gasteiger partial charge in [0.25, 0.3) is 11.8 Å². The fourth-order valence-corrected chi connectivity index (χ4v) is 10.0. The number of hydrogen-bond donors (Lipinski definition) is 2. The number of phenols is 1. The molecule has 2 aliphatic heterocycles. The van der Waals surface area contributed by atoms with E-state index in [0.717, 1.165) is 10.6 Å². The van der Waals surface area contributed by atoms with Gasteiger partial charge in [-0.15, -0.1) is 0 Å². The zero-order valence-corrected chi connectivity index (χ0v) is 30.4. The van der Waals surface area contributed by atoms with Crippen LogP contribution in [0.3, 0.4) is 0 Å². The van der Waals surface area contributed by atoms with Gasteiger partial charge in [0.05, 0.1) is 46.7 Å². The van der Waals surface area contributed by atoms with E-state index in [-0.39, 0.29) is 35.4 Å². The molecule has 9 rings (SSSR count). The van der Waals surface area contributed by atoms with Crippen molar-refractivity contribution in [3.05, 3.63) is 142 Å². The minimum Gasteiger partial charge on any atom is -0.507 e. The predicted molar refractivity (Wildman–Crippen MR) is 205 cm³/mol. The third kappa shape index (κ3) is 4.84. The van der Waals surface area contributed by atoms with Crippen LogP contribution in [-0.4, -0.2) is 40.9 Å².